The Morgan fingerprint density at radius 2 is 2.10 bits per heavy atom. The van der Waals surface area contributed by atoms with Crippen LogP contribution in [-0.4, -0.2) is 23.0 Å². The minimum atomic E-state index is -0.250. The lowest BCUT2D eigenvalue weighted by molar-refractivity contribution is -0.115. The average Bonchev–Trinajstić information content (AvgIpc) is 2.38. The first-order valence-electron chi connectivity index (χ1n) is 5.68. The van der Waals surface area contributed by atoms with Crippen LogP contribution in [0.4, 0.5) is 5.82 Å². The molecule has 20 heavy (non-hydrogen) atoms. The molecule has 1 heterocycles. The topological polar surface area (TPSA) is 64.1 Å². The van der Waals surface area contributed by atoms with E-state index in [1.807, 2.05) is 0 Å². The van der Waals surface area contributed by atoms with Crippen LogP contribution in [0.15, 0.2) is 30.6 Å². The Hall–Kier alpha value is -1.85. The van der Waals surface area contributed by atoms with Crippen LogP contribution in [0.2, 0.25) is 10.2 Å². The summed E-state index contributed by atoms with van der Waals surface area (Å²) in [6.07, 6.45) is 1.39. The van der Waals surface area contributed by atoms with Crippen molar-refractivity contribution < 1.29 is 9.53 Å². The van der Waals surface area contributed by atoms with Crippen molar-refractivity contribution in [1.82, 2.24) is 9.97 Å². The van der Waals surface area contributed by atoms with E-state index in [1.165, 1.54) is 19.5 Å². The molecular weight excluding hydrogens is 301 g/mol. The molecule has 0 atom stereocenters. The van der Waals surface area contributed by atoms with Gasteiger partial charge in [-0.15, -0.1) is 0 Å². The number of nitrogens with one attached hydrogen (secondary N) is 1. The lowest BCUT2D eigenvalue weighted by Gasteiger charge is -2.09. The first-order valence-corrected chi connectivity index (χ1v) is 6.44. The minimum absolute atomic E-state index is 0.116. The molecule has 7 heteroatoms. The van der Waals surface area contributed by atoms with Crippen molar-refractivity contribution in [2.75, 3.05) is 12.4 Å². The highest BCUT2D eigenvalue weighted by molar-refractivity contribution is 6.30. The van der Waals surface area contributed by atoms with E-state index in [2.05, 4.69) is 15.3 Å². The maximum atomic E-state index is 12.0. The second-order valence-electron chi connectivity index (χ2n) is 3.91. The minimum Gasteiger partial charge on any atom is -0.496 e. The molecule has 5 nitrogen and oxygen atoms in total. The van der Waals surface area contributed by atoms with E-state index >= 15 is 0 Å². The summed E-state index contributed by atoms with van der Waals surface area (Å²) < 4.78 is 5.19. The van der Waals surface area contributed by atoms with Crippen molar-refractivity contribution in [1.29, 1.82) is 0 Å². The molecule has 1 aromatic heterocycles. The summed E-state index contributed by atoms with van der Waals surface area (Å²) in [5.41, 5.74) is 0.692. The third-order valence-corrected chi connectivity index (χ3v) is 2.94. The molecule has 0 unspecified atom stereocenters. The third kappa shape index (κ3) is 3.82. The summed E-state index contributed by atoms with van der Waals surface area (Å²) in [4.78, 5) is 19.6. The van der Waals surface area contributed by atoms with Gasteiger partial charge in [0.25, 0.3) is 0 Å². The molecule has 0 aliphatic heterocycles. The van der Waals surface area contributed by atoms with Crippen LogP contribution in [0.1, 0.15) is 5.56 Å². The highest BCUT2D eigenvalue weighted by Crippen LogP contribution is 2.23. The first-order chi connectivity index (χ1) is 9.58. The Kier molecular flexibility index (Phi) is 4.76. The number of carbonyl (C=O) groups is 1. The fourth-order valence-electron chi connectivity index (χ4n) is 1.65. The fraction of sp³-hybridized carbons (Fsp3) is 0.154. The number of rotatable bonds is 4. The highest BCUT2D eigenvalue weighted by Gasteiger charge is 2.10. The van der Waals surface area contributed by atoms with Gasteiger partial charge in [-0.25, -0.2) is 9.97 Å². The molecule has 0 radical (unpaired) electrons. The molecule has 0 aliphatic carbocycles. The first kappa shape index (κ1) is 14.6. The van der Waals surface area contributed by atoms with Gasteiger partial charge in [-0.05, 0) is 18.2 Å². The number of halogens is 2. The van der Waals surface area contributed by atoms with E-state index in [4.69, 9.17) is 27.9 Å². The molecular formula is C13H11Cl2N3O2. The number of methoxy groups -OCH3 is 1. The van der Waals surface area contributed by atoms with E-state index in [0.29, 0.717) is 22.2 Å². The maximum absolute atomic E-state index is 12.0. The van der Waals surface area contributed by atoms with Crippen LogP contribution < -0.4 is 10.1 Å². The zero-order chi connectivity index (χ0) is 14.5. The number of amides is 1. The molecule has 0 fully saturated rings. The van der Waals surface area contributed by atoms with E-state index in [0.717, 1.165) is 0 Å². The van der Waals surface area contributed by atoms with Crippen molar-refractivity contribution >= 4 is 34.9 Å². The van der Waals surface area contributed by atoms with Crippen LogP contribution in [0.25, 0.3) is 0 Å². The summed E-state index contributed by atoms with van der Waals surface area (Å²) in [6.45, 7) is 0. The monoisotopic (exact) mass is 311 g/mol. The predicted octanol–water partition coefficient (Wildman–Crippen LogP) is 2.97. The molecule has 1 amide bonds. The number of nitrogens with zero attached hydrogens (tertiary/aromatic N) is 2. The molecule has 0 saturated carbocycles. The molecule has 2 aromatic rings. The van der Waals surface area contributed by atoms with Gasteiger partial charge in [0.2, 0.25) is 5.91 Å². The smallest absolute Gasteiger partial charge is 0.230 e. The fourth-order valence-corrected chi connectivity index (χ4v) is 1.99. The maximum Gasteiger partial charge on any atom is 0.230 e. The van der Waals surface area contributed by atoms with Crippen LogP contribution in [0, 0.1) is 0 Å². The lowest BCUT2D eigenvalue weighted by Crippen LogP contribution is -2.15. The number of carbonyl (C=O) groups excluding carboxylic acids is 1. The van der Waals surface area contributed by atoms with Gasteiger partial charge >= 0.3 is 0 Å². The van der Waals surface area contributed by atoms with Gasteiger partial charge in [0.15, 0.2) is 0 Å². The van der Waals surface area contributed by atoms with Gasteiger partial charge in [0.05, 0.1) is 13.5 Å². The third-order valence-electron chi connectivity index (χ3n) is 2.49. The average molecular weight is 312 g/mol. The number of anilines is 1. The Labute approximate surface area is 125 Å². The molecule has 1 N–H and O–H groups in total. The van der Waals surface area contributed by atoms with Crippen molar-refractivity contribution in [2.45, 2.75) is 6.42 Å². The Balaban J connectivity index is 2.10. The number of ether oxygens (including phenoxy) is 1. The quantitative estimate of drug-likeness (QED) is 0.882. The number of benzene rings is 1. The van der Waals surface area contributed by atoms with Crippen molar-refractivity contribution in [2.24, 2.45) is 0 Å². The Morgan fingerprint density at radius 3 is 2.80 bits per heavy atom. The van der Waals surface area contributed by atoms with Crippen LogP contribution in [0.5, 0.6) is 5.75 Å². The van der Waals surface area contributed by atoms with Crippen LogP contribution in [-0.2, 0) is 11.2 Å². The van der Waals surface area contributed by atoms with Crippen molar-refractivity contribution in [3.8, 4) is 5.75 Å². The van der Waals surface area contributed by atoms with E-state index < -0.39 is 0 Å². The molecule has 0 aliphatic rings. The molecule has 0 saturated heterocycles. The largest absolute Gasteiger partial charge is 0.496 e. The summed E-state index contributed by atoms with van der Waals surface area (Å²) in [5, 5.41) is 3.43. The van der Waals surface area contributed by atoms with E-state index in [1.54, 1.807) is 18.2 Å². The number of hydrogen-bond donors (Lipinski definition) is 1. The zero-order valence-electron chi connectivity index (χ0n) is 10.6. The summed E-state index contributed by atoms with van der Waals surface area (Å²) >= 11 is 11.6. The predicted molar refractivity (Wildman–Crippen MR) is 77.4 cm³/mol. The van der Waals surface area contributed by atoms with Crippen LogP contribution in [0.3, 0.4) is 0 Å². The SMILES string of the molecule is COc1ccc(Cl)cc1CC(=O)Nc1cc(Cl)ncn1. The van der Waals surface area contributed by atoms with Crippen molar-refractivity contribution in [3.05, 3.63) is 46.3 Å². The number of hydrogen-bond acceptors (Lipinski definition) is 4. The molecule has 2 rings (SSSR count). The van der Waals surface area contributed by atoms with Gasteiger partial charge in [-0.2, -0.15) is 0 Å². The molecule has 1 aromatic carbocycles. The van der Waals surface area contributed by atoms with Crippen molar-refractivity contribution in [3.63, 3.8) is 0 Å². The lowest BCUT2D eigenvalue weighted by atomic mass is 10.1. The van der Waals surface area contributed by atoms with E-state index in [9.17, 15) is 4.79 Å². The van der Waals surface area contributed by atoms with Gasteiger partial charge in [-0.3, -0.25) is 4.79 Å². The van der Waals surface area contributed by atoms with Gasteiger partial charge in [0, 0.05) is 16.7 Å². The zero-order valence-corrected chi connectivity index (χ0v) is 12.1. The number of aromatic nitrogens is 2. The highest BCUT2D eigenvalue weighted by atomic mass is 35.5. The summed E-state index contributed by atoms with van der Waals surface area (Å²) in [6, 6.07) is 6.57. The second kappa shape index (κ2) is 6.54. The van der Waals surface area contributed by atoms with Crippen LogP contribution >= 0.6 is 23.2 Å². The van der Waals surface area contributed by atoms with Gasteiger partial charge in [0.1, 0.15) is 23.0 Å². The molecule has 0 bridgehead atoms. The Bertz CT molecular complexity index is 635. The van der Waals surface area contributed by atoms with Gasteiger partial charge in [-0.1, -0.05) is 23.2 Å². The van der Waals surface area contributed by atoms with E-state index in [-0.39, 0.29) is 17.5 Å². The summed E-state index contributed by atoms with van der Waals surface area (Å²) in [5.74, 6) is 0.696. The Morgan fingerprint density at radius 1 is 1.30 bits per heavy atom. The van der Waals surface area contributed by atoms with Gasteiger partial charge < -0.3 is 10.1 Å². The molecule has 104 valence electrons. The molecule has 0 spiro atoms. The standard InChI is InChI=1S/C13H11Cl2N3O2/c1-20-10-3-2-9(14)4-8(10)5-13(19)18-12-6-11(15)16-7-17-12/h2-4,6-7H,5H2,1H3,(H,16,17,18,19). The normalized spacial score (nSPS) is 10.2. The summed E-state index contributed by atoms with van der Waals surface area (Å²) in [7, 11) is 1.54. The second-order valence-corrected chi connectivity index (χ2v) is 4.73.